The number of hydrogen-bond acceptors (Lipinski definition) is 2. The summed E-state index contributed by atoms with van der Waals surface area (Å²) in [4.78, 5) is 0. The fraction of sp³-hybridized carbons (Fsp3) is 0.455. The fourth-order valence-electron chi connectivity index (χ4n) is 1.44. The van der Waals surface area contributed by atoms with Crippen LogP contribution in [0.15, 0.2) is 36.6 Å². The second-order valence-corrected chi connectivity index (χ2v) is 3.52. The van der Waals surface area contributed by atoms with Crippen LogP contribution >= 0.6 is 0 Å². The molecule has 0 aromatic rings. The Bertz CT molecular complexity index is 297. The van der Waals surface area contributed by atoms with Gasteiger partial charge in [-0.2, -0.15) is 0 Å². The van der Waals surface area contributed by atoms with Gasteiger partial charge in [0.2, 0.25) is 0 Å². The molecule has 15 heavy (non-hydrogen) atoms. The number of allylic oxidation sites excluding steroid dienone is 2. The van der Waals surface area contributed by atoms with Gasteiger partial charge in [0.15, 0.2) is 0 Å². The molecule has 4 heteroatoms. The van der Waals surface area contributed by atoms with Crippen LogP contribution in [0.1, 0.15) is 0 Å². The number of halogens is 2. The lowest BCUT2D eigenvalue weighted by Gasteiger charge is -2.17. The third kappa shape index (κ3) is 2.89. The average Bonchev–Trinajstić information content (AvgIpc) is 2.53. The van der Waals surface area contributed by atoms with Crippen LogP contribution in [0.3, 0.4) is 0 Å². The van der Waals surface area contributed by atoms with E-state index in [4.69, 9.17) is 4.74 Å². The molecule has 1 aliphatic rings. The van der Waals surface area contributed by atoms with E-state index < -0.39 is 11.8 Å². The third-order valence-electron chi connectivity index (χ3n) is 2.41. The van der Waals surface area contributed by atoms with Gasteiger partial charge in [-0.1, -0.05) is 19.2 Å². The van der Waals surface area contributed by atoms with Crippen LogP contribution in [-0.2, 0) is 4.74 Å². The van der Waals surface area contributed by atoms with Crippen LogP contribution in [0.25, 0.3) is 0 Å². The van der Waals surface area contributed by atoms with Crippen molar-refractivity contribution in [2.75, 3.05) is 20.2 Å². The number of nitrogens with one attached hydrogen (secondary N) is 1. The highest BCUT2D eigenvalue weighted by molar-refractivity contribution is 5.26. The predicted molar refractivity (Wildman–Crippen MR) is 55.7 cm³/mol. The normalized spacial score (nSPS) is 24.3. The van der Waals surface area contributed by atoms with Crippen molar-refractivity contribution in [1.82, 2.24) is 5.32 Å². The Hall–Kier alpha value is -1.16. The van der Waals surface area contributed by atoms with E-state index in [1.807, 2.05) is 0 Å². The number of rotatable bonds is 4. The number of methoxy groups -OCH3 is 1. The molecule has 0 aliphatic carbocycles. The molecule has 2 nitrogen and oxygen atoms in total. The molecule has 0 bridgehead atoms. The molecule has 84 valence electrons. The van der Waals surface area contributed by atoms with Gasteiger partial charge < -0.3 is 10.1 Å². The highest BCUT2D eigenvalue weighted by Gasteiger charge is 2.44. The van der Waals surface area contributed by atoms with Gasteiger partial charge in [0, 0.05) is 6.54 Å². The molecule has 1 N–H and O–H groups in total. The van der Waals surface area contributed by atoms with E-state index in [2.05, 4.69) is 18.5 Å². The monoisotopic (exact) mass is 215 g/mol. The molecule has 1 fully saturated rings. The molecule has 0 spiro atoms. The van der Waals surface area contributed by atoms with Gasteiger partial charge in [0.1, 0.15) is 5.76 Å². The Kier molecular flexibility index (Phi) is 3.63. The van der Waals surface area contributed by atoms with Crippen molar-refractivity contribution in [3.05, 3.63) is 36.6 Å². The summed E-state index contributed by atoms with van der Waals surface area (Å²) in [6.45, 7) is 7.17. The van der Waals surface area contributed by atoms with Crippen LogP contribution in [0.4, 0.5) is 8.78 Å². The summed E-state index contributed by atoms with van der Waals surface area (Å²) in [6.07, 6.45) is 3.06. The molecule has 0 radical (unpaired) electrons. The molecular weight excluding hydrogens is 200 g/mol. The maximum atomic E-state index is 13.3. The summed E-state index contributed by atoms with van der Waals surface area (Å²) in [7, 11) is 1.47. The van der Waals surface area contributed by atoms with E-state index in [0.717, 1.165) is 0 Å². The van der Waals surface area contributed by atoms with E-state index >= 15 is 0 Å². The number of ether oxygens (including phenoxy) is 1. The fourth-order valence-corrected chi connectivity index (χ4v) is 1.44. The Balaban J connectivity index is 2.61. The van der Waals surface area contributed by atoms with Crippen molar-refractivity contribution in [3.8, 4) is 0 Å². The maximum Gasteiger partial charge on any atom is 0.268 e. The van der Waals surface area contributed by atoms with Gasteiger partial charge >= 0.3 is 0 Å². The first-order valence-corrected chi connectivity index (χ1v) is 4.65. The molecule has 1 aliphatic heterocycles. The molecule has 0 amide bonds. The van der Waals surface area contributed by atoms with E-state index in [0.29, 0.717) is 11.3 Å². The predicted octanol–water partition coefficient (Wildman–Crippen LogP) is 2.11. The lowest BCUT2D eigenvalue weighted by Crippen LogP contribution is -2.27. The molecule has 1 rings (SSSR count). The summed E-state index contributed by atoms with van der Waals surface area (Å²) in [5.74, 6) is -3.13. The molecule has 0 saturated carbocycles. The molecule has 1 heterocycles. The Morgan fingerprint density at radius 2 is 2.13 bits per heavy atom. The zero-order chi connectivity index (χ0) is 11.5. The number of hydrogen-bond donors (Lipinski definition) is 1. The first kappa shape index (κ1) is 11.9. The summed E-state index contributed by atoms with van der Waals surface area (Å²) >= 11 is 0. The van der Waals surface area contributed by atoms with Crippen LogP contribution in [0.2, 0.25) is 0 Å². The summed E-state index contributed by atoms with van der Waals surface area (Å²) in [5, 5.41) is 2.65. The topological polar surface area (TPSA) is 21.3 Å². The first-order chi connectivity index (χ1) is 6.97. The van der Waals surface area contributed by atoms with Crippen molar-refractivity contribution in [3.63, 3.8) is 0 Å². The van der Waals surface area contributed by atoms with Crippen molar-refractivity contribution in [1.29, 1.82) is 0 Å². The minimum atomic E-state index is -2.71. The van der Waals surface area contributed by atoms with E-state index in [1.54, 1.807) is 0 Å². The highest BCUT2D eigenvalue weighted by Crippen LogP contribution is 2.33. The van der Waals surface area contributed by atoms with Crippen molar-refractivity contribution in [2.45, 2.75) is 5.92 Å². The zero-order valence-electron chi connectivity index (χ0n) is 8.72. The second-order valence-electron chi connectivity index (χ2n) is 3.52. The molecule has 0 aromatic heterocycles. The van der Waals surface area contributed by atoms with Gasteiger partial charge in [-0.3, -0.25) is 0 Å². The minimum absolute atomic E-state index is 0.260. The molecule has 0 aromatic carbocycles. The zero-order valence-corrected chi connectivity index (χ0v) is 8.72. The Morgan fingerprint density at radius 1 is 1.47 bits per heavy atom. The van der Waals surface area contributed by atoms with Gasteiger partial charge in [0.05, 0.1) is 19.6 Å². The summed E-state index contributed by atoms with van der Waals surface area (Å²) in [6, 6.07) is 0. The lowest BCUT2D eigenvalue weighted by molar-refractivity contribution is -0.00744. The van der Waals surface area contributed by atoms with Crippen LogP contribution < -0.4 is 5.32 Å². The minimum Gasteiger partial charge on any atom is -0.497 e. The maximum absolute atomic E-state index is 13.3. The van der Waals surface area contributed by atoms with Crippen LogP contribution in [0.5, 0.6) is 0 Å². The standard InChI is InChI=1S/C11H15F2NO/c1-8(4-5-9(2)15-3)10-6-14-7-11(10,12)13/h4-5,10,14H,1-2,6-7H2,3H3/b5-4-. The van der Waals surface area contributed by atoms with Crippen molar-refractivity contribution < 1.29 is 13.5 Å². The van der Waals surface area contributed by atoms with Gasteiger partial charge in [0.25, 0.3) is 5.92 Å². The van der Waals surface area contributed by atoms with Crippen molar-refractivity contribution in [2.24, 2.45) is 5.92 Å². The molecule has 1 saturated heterocycles. The molecule has 1 unspecified atom stereocenters. The second kappa shape index (κ2) is 4.57. The van der Waals surface area contributed by atoms with Crippen LogP contribution in [-0.4, -0.2) is 26.1 Å². The highest BCUT2D eigenvalue weighted by atomic mass is 19.3. The van der Waals surface area contributed by atoms with E-state index in [1.165, 1.54) is 19.3 Å². The van der Waals surface area contributed by atoms with Crippen LogP contribution in [0, 0.1) is 5.92 Å². The molecule has 1 atom stereocenters. The smallest absolute Gasteiger partial charge is 0.268 e. The number of alkyl halides is 2. The van der Waals surface area contributed by atoms with Gasteiger partial charge in [-0.05, 0) is 11.6 Å². The summed E-state index contributed by atoms with van der Waals surface area (Å²) in [5.41, 5.74) is 0.392. The van der Waals surface area contributed by atoms with Crippen molar-refractivity contribution >= 4 is 0 Å². The van der Waals surface area contributed by atoms with E-state index in [9.17, 15) is 8.78 Å². The quantitative estimate of drug-likeness (QED) is 0.573. The Morgan fingerprint density at radius 3 is 2.60 bits per heavy atom. The lowest BCUT2D eigenvalue weighted by atomic mass is 9.96. The average molecular weight is 215 g/mol. The summed E-state index contributed by atoms with van der Waals surface area (Å²) < 4.78 is 31.3. The first-order valence-electron chi connectivity index (χ1n) is 4.65. The third-order valence-corrected chi connectivity index (χ3v) is 2.41. The van der Waals surface area contributed by atoms with E-state index in [-0.39, 0.29) is 13.1 Å². The van der Waals surface area contributed by atoms with Gasteiger partial charge in [-0.25, -0.2) is 8.78 Å². The SMILES string of the molecule is C=C(/C=C\C(=C)C1CNCC1(F)F)OC. The molecular formula is C11H15F2NO. The Labute approximate surface area is 88.3 Å². The van der Waals surface area contributed by atoms with Gasteiger partial charge in [-0.15, -0.1) is 0 Å². The largest absolute Gasteiger partial charge is 0.497 e.